The summed E-state index contributed by atoms with van der Waals surface area (Å²) in [5, 5.41) is 3.56. The molecule has 0 aromatic carbocycles. The summed E-state index contributed by atoms with van der Waals surface area (Å²) in [5.41, 5.74) is 1.91. The number of hydrogen-bond donors (Lipinski definition) is 1. The molecule has 0 aliphatic heterocycles. The SMILES string of the molecule is C=C(C)CCC1(C)CCC(NCC)C1. The van der Waals surface area contributed by atoms with Gasteiger partial charge in [0.25, 0.3) is 0 Å². The van der Waals surface area contributed by atoms with Gasteiger partial charge >= 0.3 is 0 Å². The van der Waals surface area contributed by atoms with Gasteiger partial charge in [0.1, 0.15) is 0 Å². The van der Waals surface area contributed by atoms with Gasteiger partial charge in [0, 0.05) is 6.04 Å². The van der Waals surface area contributed by atoms with E-state index in [1.165, 1.54) is 37.7 Å². The number of hydrogen-bond acceptors (Lipinski definition) is 1. The van der Waals surface area contributed by atoms with Crippen LogP contribution in [0, 0.1) is 5.41 Å². The maximum absolute atomic E-state index is 3.99. The van der Waals surface area contributed by atoms with Crippen LogP contribution in [0.1, 0.15) is 52.9 Å². The van der Waals surface area contributed by atoms with E-state index in [9.17, 15) is 0 Å². The number of allylic oxidation sites excluding steroid dienone is 1. The van der Waals surface area contributed by atoms with E-state index < -0.39 is 0 Å². The molecule has 2 atom stereocenters. The van der Waals surface area contributed by atoms with Crippen molar-refractivity contribution in [3.05, 3.63) is 12.2 Å². The van der Waals surface area contributed by atoms with Crippen LogP contribution in [0.5, 0.6) is 0 Å². The fourth-order valence-corrected chi connectivity index (χ4v) is 2.53. The fourth-order valence-electron chi connectivity index (χ4n) is 2.53. The molecule has 1 heteroatoms. The summed E-state index contributed by atoms with van der Waals surface area (Å²) in [5.74, 6) is 0. The van der Waals surface area contributed by atoms with Gasteiger partial charge in [0.05, 0.1) is 0 Å². The summed E-state index contributed by atoms with van der Waals surface area (Å²) in [6.07, 6.45) is 6.63. The Morgan fingerprint density at radius 3 is 2.86 bits per heavy atom. The Morgan fingerprint density at radius 1 is 1.57 bits per heavy atom. The van der Waals surface area contributed by atoms with Crippen molar-refractivity contribution < 1.29 is 0 Å². The first kappa shape index (κ1) is 11.8. The summed E-state index contributed by atoms with van der Waals surface area (Å²) in [7, 11) is 0. The second-order valence-corrected chi connectivity index (χ2v) is 5.27. The number of rotatable bonds is 5. The van der Waals surface area contributed by atoms with Crippen LogP contribution in [0.4, 0.5) is 0 Å². The fraction of sp³-hybridized carbons (Fsp3) is 0.846. The van der Waals surface area contributed by atoms with E-state index in [4.69, 9.17) is 0 Å². The van der Waals surface area contributed by atoms with Crippen molar-refractivity contribution in [1.82, 2.24) is 5.32 Å². The van der Waals surface area contributed by atoms with E-state index in [-0.39, 0.29) is 0 Å². The Morgan fingerprint density at radius 2 is 2.29 bits per heavy atom. The topological polar surface area (TPSA) is 12.0 Å². The maximum Gasteiger partial charge on any atom is 0.00723 e. The summed E-state index contributed by atoms with van der Waals surface area (Å²) in [6, 6.07) is 0.773. The average molecular weight is 195 g/mol. The molecule has 0 saturated heterocycles. The third-order valence-corrected chi connectivity index (χ3v) is 3.48. The van der Waals surface area contributed by atoms with E-state index >= 15 is 0 Å². The molecule has 14 heavy (non-hydrogen) atoms. The minimum absolute atomic E-state index is 0.575. The average Bonchev–Trinajstić information content (AvgIpc) is 2.46. The van der Waals surface area contributed by atoms with Gasteiger partial charge in [-0.05, 0) is 51.0 Å². The van der Waals surface area contributed by atoms with Gasteiger partial charge in [-0.15, -0.1) is 6.58 Å². The molecule has 0 bridgehead atoms. The van der Waals surface area contributed by atoms with Crippen LogP contribution >= 0.6 is 0 Å². The normalized spacial score (nSPS) is 32.1. The lowest BCUT2D eigenvalue weighted by atomic mass is 9.82. The quantitative estimate of drug-likeness (QED) is 0.662. The molecule has 1 nitrogen and oxygen atoms in total. The maximum atomic E-state index is 3.99. The Kier molecular flexibility index (Phi) is 4.18. The van der Waals surface area contributed by atoms with Crippen molar-refractivity contribution in [2.45, 2.75) is 58.9 Å². The number of nitrogens with one attached hydrogen (secondary N) is 1. The molecular weight excluding hydrogens is 170 g/mol. The molecule has 1 aliphatic carbocycles. The molecule has 0 aromatic heterocycles. The smallest absolute Gasteiger partial charge is 0.00723 e. The van der Waals surface area contributed by atoms with Crippen LogP contribution in [-0.2, 0) is 0 Å². The van der Waals surface area contributed by atoms with Crippen LogP contribution in [0.25, 0.3) is 0 Å². The summed E-state index contributed by atoms with van der Waals surface area (Å²) in [4.78, 5) is 0. The Bertz CT molecular complexity index is 197. The standard InChI is InChI=1S/C13H25N/c1-5-14-12-7-9-13(4,10-12)8-6-11(2)3/h12,14H,2,5-10H2,1,3-4H3. The van der Waals surface area contributed by atoms with Crippen LogP contribution in [-0.4, -0.2) is 12.6 Å². The van der Waals surface area contributed by atoms with Gasteiger partial charge in [0.2, 0.25) is 0 Å². The van der Waals surface area contributed by atoms with Crippen molar-refractivity contribution >= 4 is 0 Å². The molecule has 1 fully saturated rings. The van der Waals surface area contributed by atoms with Gasteiger partial charge in [-0.1, -0.05) is 19.4 Å². The predicted octanol–water partition coefficient (Wildman–Crippen LogP) is 3.51. The van der Waals surface area contributed by atoms with Crippen molar-refractivity contribution in [2.75, 3.05) is 6.54 Å². The van der Waals surface area contributed by atoms with Crippen molar-refractivity contribution in [3.8, 4) is 0 Å². The lowest BCUT2D eigenvalue weighted by molar-refractivity contribution is 0.298. The second-order valence-electron chi connectivity index (χ2n) is 5.27. The first-order valence-corrected chi connectivity index (χ1v) is 5.93. The molecule has 0 amide bonds. The highest BCUT2D eigenvalue weighted by atomic mass is 14.9. The van der Waals surface area contributed by atoms with E-state index in [0.29, 0.717) is 5.41 Å². The molecule has 82 valence electrons. The monoisotopic (exact) mass is 195 g/mol. The zero-order valence-electron chi connectivity index (χ0n) is 10.0. The van der Waals surface area contributed by atoms with Gasteiger partial charge in [-0.3, -0.25) is 0 Å². The minimum atomic E-state index is 0.575. The predicted molar refractivity (Wildman–Crippen MR) is 63.5 cm³/mol. The molecule has 0 aromatic rings. The van der Waals surface area contributed by atoms with Crippen molar-refractivity contribution in [2.24, 2.45) is 5.41 Å². The molecule has 2 unspecified atom stereocenters. The van der Waals surface area contributed by atoms with E-state index in [1.807, 2.05) is 0 Å². The minimum Gasteiger partial charge on any atom is -0.314 e. The highest BCUT2D eigenvalue weighted by Crippen LogP contribution is 2.42. The molecule has 0 heterocycles. The van der Waals surface area contributed by atoms with Gasteiger partial charge in [-0.25, -0.2) is 0 Å². The molecule has 1 rings (SSSR count). The largest absolute Gasteiger partial charge is 0.314 e. The molecule has 1 aliphatic rings. The van der Waals surface area contributed by atoms with E-state index in [1.54, 1.807) is 0 Å². The van der Waals surface area contributed by atoms with Crippen LogP contribution in [0.2, 0.25) is 0 Å². The lowest BCUT2D eigenvalue weighted by Crippen LogP contribution is -2.27. The second kappa shape index (κ2) is 4.97. The van der Waals surface area contributed by atoms with Crippen LogP contribution in [0.15, 0.2) is 12.2 Å². The summed E-state index contributed by atoms with van der Waals surface area (Å²) >= 11 is 0. The van der Waals surface area contributed by atoms with Crippen molar-refractivity contribution in [1.29, 1.82) is 0 Å². The summed E-state index contributed by atoms with van der Waals surface area (Å²) in [6.45, 7) is 11.9. The Balaban J connectivity index is 2.33. The van der Waals surface area contributed by atoms with Crippen molar-refractivity contribution in [3.63, 3.8) is 0 Å². The molecule has 1 N–H and O–H groups in total. The zero-order valence-corrected chi connectivity index (χ0v) is 10.0. The van der Waals surface area contributed by atoms with Gasteiger partial charge in [-0.2, -0.15) is 0 Å². The zero-order chi connectivity index (χ0) is 10.6. The van der Waals surface area contributed by atoms with Crippen LogP contribution in [0.3, 0.4) is 0 Å². The molecular formula is C13H25N. The van der Waals surface area contributed by atoms with E-state index in [0.717, 1.165) is 12.6 Å². The molecule has 1 saturated carbocycles. The van der Waals surface area contributed by atoms with Crippen LogP contribution < -0.4 is 5.32 Å². The third-order valence-electron chi connectivity index (χ3n) is 3.48. The van der Waals surface area contributed by atoms with Gasteiger partial charge < -0.3 is 5.32 Å². The lowest BCUT2D eigenvalue weighted by Gasteiger charge is -2.24. The third kappa shape index (κ3) is 3.45. The molecule has 0 spiro atoms. The molecule has 0 radical (unpaired) electrons. The Hall–Kier alpha value is -0.300. The first-order valence-electron chi connectivity index (χ1n) is 5.93. The van der Waals surface area contributed by atoms with E-state index in [2.05, 4.69) is 32.7 Å². The van der Waals surface area contributed by atoms with Gasteiger partial charge in [0.15, 0.2) is 0 Å². The highest BCUT2D eigenvalue weighted by molar-refractivity contribution is 4.94. The first-order chi connectivity index (χ1) is 6.56. The summed E-state index contributed by atoms with van der Waals surface area (Å²) < 4.78 is 0. The highest BCUT2D eigenvalue weighted by Gasteiger charge is 2.33. The Labute approximate surface area is 89.0 Å².